The molecular formula is C26H26ClFN2O3. The van der Waals surface area contributed by atoms with E-state index >= 15 is 0 Å². The molecule has 0 aliphatic carbocycles. The van der Waals surface area contributed by atoms with Gasteiger partial charge < -0.3 is 15.0 Å². The van der Waals surface area contributed by atoms with Gasteiger partial charge >= 0.3 is 0 Å². The second kappa shape index (κ2) is 12.0. The predicted octanol–water partition coefficient (Wildman–Crippen LogP) is 4.63. The van der Waals surface area contributed by atoms with E-state index in [0.717, 1.165) is 5.56 Å². The van der Waals surface area contributed by atoms with Crippen LogP contribution >= 0.6 is 11.6 Å². The zero-order valence-corrected chi connectivity index (χ0v) is 19.1. The van der Waals surface area contributed by atoms with Crippen LogP contribution in [-0.2, 0) is 22.6 Å². The van der Waals surface area contributed by atoms with Crippen molar-refractivity contribution in [2.45, 2.75) is 25.9 Å². The average molecular weight is 469 g/mol. The van der Waals surface area contributed by atoms with Crippen LogP contribution in [0.3, 0.4) is 0 Å². The molecule has 33 heavy (non-hydrogen) atoms. The molecular weight excluding hydrogens is 443 g/mol. The van der Waals surface area contributed by atoms with Gasteiger partial charge in [-0.1, -0.05) is 60.1 Å². The molecule has 2 amide bonds. The van der Waals surface area contributed by atoms with Gasteiger partial charge in [0, 0.05) is 30.1 Å². The Bertz CT molecular complexity index is 1060. The highest BCUT2D eigenvalue weighted by atomic mass is 35.5. The highest BCUT2D eigenvalue weighted by Gasteiger charge is 2.31. The third-order valence-corrected chi connectivity index (χ3v) is 5.35. The van der Waals surface area contributed by atoms with Gasteiger partial charge in [0.1, 0.15) is 17.6 Å². The molecule has 172 valence electrons. The third-order valence-electron chi connectivity index (χ3n) is 5.10. The summed E-state index contributed by atoms with van der Waals surface area (Å²) in [4.78, 5) is 27.7. The number of carbonyl (C=O) groups excluding carboxylic acids is 2. The summed E-state index contributed by atoms with van der Waals surface area (Å²) in [7, 11) is 0. The van der Waals surface area contributed by atoms with Gasteiger partial charge in [-0.2, -0.15) is 0 Å². The molecule has 3 aromatic carbocycles. The van der Waals surface area contributed by atoms with Crippen molar-refractivity contribution in [2.24, 2.45) is 0 Å². The fourth-order valence-electron chi connectivity index (χ4n) is 3.41. The van der Waals surface area contributed by atoms with Crippen molar-refractivity contribution in [3.8, 4) is 5.75 Å². The molecule has 0 aromatic heterocycles. The Morgan fingerprint density at radius 3 is 2.33 bits per heavy atom. The number of nitrogens with zero attached hydrogens (tertiary/aromatic N) is 1. The first-order valence-corrected chi connectivity index (χ1v) is 11.1. The fourth-order valence-corrected chi connectivity index (χ4v) is 3.54. The van der Waals surface area contributed by atoms with E-state index in [2.05, 4.69) is 5.32 Å². The number of hydrogen-bond acceptors (Lipinski definition) is 3. The number of rotatable bonds is 10. The quantitative estimate of drug-likeness (QED) is 0.472. The molecule has 3 aromatic rings. The van der Waals surface area contributed by atoms with Crippen LogP contribution in [0.2, 0.25) is 5.02 Å². The number of benzene rings is 3. The van der Waals surface area contributed by atoms with Gasteiger partial charge in [0.05, 0.1) is 0 Å². The molecule has 0 unspecified atom stereocenters. The number of halogens is 2. The molecule has 0 saturated heterocycles. The Balaban J connectivity index is 1.89. The molecule has 1 N–H and O–H groups in total. The lowest BCUT2D eigenvalue weighted by Gasteiger charge is -2.31. The molecule has 0 spiro atoms. The molecule has 3 rings (SSSR count). The highest BCUT2D eigenvalue weighted by Crippen LogP contribution is 2.19. The number of carbonyl (C=O) groups is 2. The monoisotopic (exact) mass is 468 g/mol. The van der Waals surface area contributed by atoms with Gasteiger partial charge in [0.25, 0.3) is 5.91 Å². The highest BCUT2D eigenvalue weighted by molar-refractivity contribution is 6.30. The SMILES string of the molecule is CCNC(=O)[C@H](Cc1ccccc1)N(Cc1ccccc1F)C(=O)COc1ccc(Cl)cc1. The number of amides is 2. The maximum Gasteiger partial charge on any atom is 0.261 e. The van der Waals surface area contributed by atoms with Crippen molar-refractivity contribution < 1.29 is 18.7 Å². The molecule has 7 heteroatoms. The molecule has 0 aliphatic heterocycles. The van der Waals surface area contributed by atoms with Gasteiger partial charge in [-0.25, -0.2) is 4.39 Å². The zero-order valence-electron chi connectivity index (χ0n) is 18.3. The summed E-state index contributed by atoms with van der Waals surface area (Å²) in [6.07, 6.45) is 0.286. The van der Waals surface area contributed by atoms with Crippen LogP contribution in [0.15, 0.2) is 78.9 Å². The third kappa shape index (κ3) is 7.05. The molecule has 1 atom stereocenters. The van der Waals surface area contributed by atoms with Crippen LogP contribution in [0.5, 0.6) is 5.75 Å². The molecule has 0 aliphatic rings. The Kier molecular flexibility index (Phi) is 8.84. The van der Waals surface area contributed by atoms with Crippen LogP contribution in [0.1, 0.15) is 18.1 Å². The van der Waals surface area contributed by atoms with Gasteiger partial charge in [-0.15, -0.1) is 0 Å². The van der Waals surface area contributed by atoms with Gasteiger partial charge in [0.2, 0.25) is 5.91 Å². The Morgan fingerprint density at radius 1 is 1.00 bits per heavy atom. The van der Waals surface area contributed by atoms with Crippen LogP contribution < -0.4 is 10.1 Å². The average Bonchev–Trinajstić information content (AvgIpc) is 2.82. The summed E-state index contributed by atoms with van der Waals surface area (Å²) >= 11 is 5.90. The Morgan fingerprint density at radius 2 is 1.67 bits per heavy atom. The molecule has 0 saturated carbocycles. The largest absolute Gasteiger partial charge is 0.484 e. The molecule has 0 heterocycles. The lowest BCUT2D eigenvalue weighted by Crippen LogP contribution is -2.51. The Hall–Kier alpha value is -3.38. The van der Waals surface area contributed by atoms with Crippen molar-refractivity contribution in [1.82, 2.24) is 10.2 Å². The molecule has 0 bridgehead atoms. The minimum absolute atomic E-state index is 0.0654. The van der Waals surface area contributed by atoms with Crippen molar-refractivity contribution in [3.63, 3.8) is 0 Å². The predicted molar refractivity (Wildman–Crippen MR) is 127 cm³/mol. The van der Waals surface area contributed by atoms with E-state index in [-0.39, 0.29) is 25.5 Å². The maximum atomic E-state index is 14.5. The number of likely N-dealkylation sites (N-methyl/N-ethyl adjacent to an activating group) is 1. The lowest BCUT2D eigenvalue weighted by atomic mass is 10.0. The summed E-state index contributed by atoms with van der Waals surface area (Å²) in [5.74, 6) is -0.711. The zero-order chi connectivity index (χ0) is 23.6. The second-order valence-corrected chi connectivity index (χ2v) is 7.89. The van der Waals surface area contributed by atoms with Crippen LogP contribution in [0.25, 0.3) is 0 Å². The first kappa shape index (κ1) is 24.3. The van der Waals surface area contributed by atoms with Gasteiger partial charge in [-0.05, 0) is 42.8 Å². The summed E-state index contributed by atoms with van der Waals surface area (Å²) in [6, 6.07) is 21.4. The molecule has 5 nitrogen and oxygen atoms in total. The summed E-state index contributed by atoms with van der Waals surface area (Å²) in [6.45, 7) is 1.85. The summed E-state index contributed by atoms with van der Waals surface area (Å²) in [5.41, 5.74) is 1.21. The van der Waals surface area contributed by atoms with E-state index in [4.69, 9.17) is 16.3 Å². The van der Waals surface area contributed by atoms with Crippen LogP contribution in [0, 0.1) is 5.82 Å². The van der Waals surface area contributed by atoms with Gasteiger partial charge in [-0.3, -0.25) is 9.59 Å². The minimum Gasteiger partial charge on any atom is -0.484 e. The van der Waals surface area contributed by atoms with E-state index < -0.39 is 17.8 Å². The number of hydrogen-bond donors (Lipinski definition) is 1. The normalized spacial score (nSPS) is 11.5. The van der Waals surface area contributed by atoms with Crippen LogP contribution in [-0.4, -0.2) is 35.9 Å². The molecule has 0 radical (unpaired) electrons. The lowest BCUT2D eigenvalue weighted by molar-refractivity contribution is -0.142. The summed E-state index contributed by atoms with van der Waals surface area (Å²) in [5, 5.41) is 3.35. The minimum atomic E-state index is -0.840. The number of ether oxygens (including phenoxy) is 1. The first-order chi connectivity index (χ1) is 16.0. The topological polar surface area (TPSA) is 58.6 Å². The van der Waals surface area contributed by atoms with Gasteiger partial charge in [0.15, 0.2) is 6.61 Å². The maximum absolute atomic E-state index is 14.5. The first-order valence-electron chi connectivity index (χ1n) is 10.7. The smallest absolute Gasteiger partial charge is 0.261 e. The van der Waals surface area contributed by atoms with E-state index in [1.54, 1.807) is 42.5 Å². The summed E-state index contributed by atoms with van der Waals surface area (Å²) < 4.78 is 20.1. The molecule has 0 fully saturated rings. The van der Waals surface area contributed by atoms with Crippen molar-refractivity contribution in [3.05, 3.63) is 101 Å². The van der Waals surface area contributed by atoms with E-state index in [0.29, 0.717) is 22.9 Å². The Labute approximate surface area is 198 Å². The van der Waals surface area contributed by atoms with E-state index in [1.807, 2.05) is 37.3 Å². The number of nitrogens with one attached hydrogen (secondary N) is 1. The van der Waals surface area contributed by atoms with E-state index in [9.17, 15) is 14.0 Å². The van der Waals surface area contributed by atoms with Crippen molar-refractivity contribution in [1.29, 1.82) is 0 Å². The van der Waals surface area contributed by atoms with E-state index in [1.165, 1.54) is 11.0 Å². The van der Waals surface area contributed by atoms with Crippen LogP contribution in [0.4, 0.5) is 4.39 Å². The van der Waals surface area contributed by atoms with Crippen molar-refractivity contribution >= 4 is 23.4 Å². The fraction of sp³-hybridized carbons (Fsp3) is 0.231. The standard InChI is InChI=1S/C26H26ClFN2O3/c1-2-29-26(32)24(16-19-8-4-3-5-9-19)30(17-20-10-6-7-11-23(20)28)25(31)18-33-22-14-12-21(27)13-15-22/h3-15,24H,2,16-18H2,1H3,(H,29,32)/t24-/m0/s1. The second-order valence-electron chi connectivity index (χ2n) is 7.46. The van der Waals surface area contributed by atoms with Crippen molar-refractivity contribution in [2.75, 3.05) is 13.2 Å².